The van der Waals surface area contributed by atoms with Gasteiger partial charge in [0.1, 0.15) is 0 Å². The Hall–Kier alpha value is -0.400. The molecule has 74 heavy (non-hydrogen) atoms. The van der Waals surface area contributed by atoms with Gasteiger partial charge in [-0.1, -0.05) is 0 Å². The highest BCUT2D eigenvalue weighted by Crippen LogP contribution is 2.37. The Labute approximate surface area is 465 Å². The molecule has 0 aromatic rings. The molecule has 0 aromatic carbocycles. The molecule has 6 aliphatic rings. The van der Waals surface area contributed by atoms with Crippen LogP contribution in [-0.2, 0) is 0 Å². The van der Waals surface area contributed by atoms with Crippen molar-refractivity contribution in [1.82, 2.24) is 49.0 Å². The Morgan fingerprint density at radius 2 is 0.757 bits per heavy atom. The van der Waals surface area contributed by atoms with Crippen LogP contribution in [-0.4, -0.2) is 233 Å². The van der Waals surface area contributed by atoms with Gasteiger partial charge in [-0.15, -0.1) is 0 Å². The number of fused-ring (bicyclic) bond motifs is 2. The molecule has 6 rings (SSSR count). The van der Waals surface area contributed by atoms with E-state index in [9.17, 15) is 0 Å². The Bertz CT molecular complexity index is 1510. The summed E-state index contributed by atoms with van der Waals surface area (Å²) in [7, 11) is 0. The van der Waals surface area contributed by atoms with E-state index in [4.69, 9.17) is 0 Å². The van der Waals surface area contributed by atoms with Gasteiger partial charge in [-0.3, -0.25) is 49.0 Å². The molecule has 0 N–H and O–H groups in total. The fourth-order valence-corrected chi connectivity index (χ4v) is 14.4. The number of likely N-dealkylation sites (tertiary alicyclic amines) is 2. The van der Waals surface area contributed by atoms with Crippen LogP contribution < -0.4 is 0 Å². The Morgan fingerprint density at radius 3 is 1.09 bits per heavy atom. The van der Waals surface area contributed by atoms with Crippen LogP contribution in [0.15, 0.2) is 0 Å². The smallest absolute Gasteiger partial charge is 0.0244 e. The van der Waals surface area contributed by atoms with Gasteiger partial charge in [-0.05, 0) is 247 Å². The van der Waals surface area contributed by atoms with Gasteiger partial charge in [-0.25, -0.2) is 0 Å². The van der Waals surface area contributed by atoms with Crippen LogP contribution in [0.25, 0.3) is 0 Å². The van der Waals surface area contributed by atoms with Crippen molar-refractivity contribution in [2.45, 2.75) is 347 Å². The van der Waals surface area contributed by atoms with E-state index in [1.807, 2.05) is 0 Å². The number of nitrogens with zero attached hydrogens (tertiary/aromatic N) is 10. The van der Waals surface area contributed by atoms with E-state index in [0.29, 0.717) is 88.6 Å². The second-order valence-corrected chi connectivity index (χ2v) is 31.0. The zero-order chi connectivity index (χ0) is 57.5. The summed E-state index contributed by atoms with van der Waals surface area (Å²) < 4.78 is 0. The summed E-state index contributed by atoms with van der Waals surface area (Å²) in [5, 5.41) is 0. The first-order chi connectivity index (χ1) is 33.4. The van der Waals surface area contributed by atoms with E-state index in [1.165, 1.54) is 84.8 Å². The molecule has 0 aliphatic carbocycles. The Kier molecular flexibility index (Phi) is 26.7. The van der Waals surface area contributed by atoms with Gasteiger partial charge >= 0.3 is 0 Å². The molecule has 6 aliphatic heterocycles. The van der Waals surface area contributed by atoms with Crippen LogP contribution >= 0.6 is 0 Å². The molecule has 442 valence electrons. The lowest BCUT2D eigenvalue weighted by Crippen LogP contribution is -2.70. The number of hydrogen-bond donors (Lipinski definition) is 0. The van der Waals surface area contributed by atoms with E-state index >= 15 is 0 Å². The van der Waals surface area contributed by atoms with Gasteiger partial charge in [0.05, 0.1) is 0 Å². The molecule has 10 nitrogen and oxygen atoms in total. The summed E-state index contributed by atoms with van der Waals surface area (Å²) in [5.41, 5.74) is 1.60. The summed E-state index contributed by atoms with van der Waals surface area (Å²) >= 11 is 0. The average Bonchev–Trinajstić information content (AvgIpc) is 3.75. The zero-order valence-corrected chi connectivity index (χ0v) is 56.2. The first kappa shape index (κ1) is 69.7. The summed E-state index contributed by atoms with van der Waals surface area (Å²) in [6.45, 7) is 88.1. The van der Waals surface area contributed by atoms with Crippen molar-refractivity contribution < 1.29 is 0 Å². The quantitative estimate of drug-likeness (QED) is 0.266. The van der Waals surface area contributed by atoms with Gasteiger partial charge in [0.15, 0.2) is 0 Å². The summed E-state index contributed by atoms with van der Waals surface area (Å²) in [4.78, 5) is 26.4. The van der Waals surface area contributed by atoms with Gasteiger partial charge in [0.2, 0.25) is 0 Å². The summed E-state index contributed by atoms with van der Waals surface area (Å²) in [5.74, 6) is 0. The lowest BCUT2D eigenvalue weighted by Gasteiger charge is -2.58. The second-order valence-electron chi connectivity index (χ2n) is 31.0. The Balaban J connectivity index is 0.000000317. The molecule has 6 saturated heterocycles. The highest BCUT2D eigenvalue weighted by atomic mass is 15.4. The fraction of sp³-hybridized carbons (Fsp3) is 1.00. The van der Waals surface area contributed by atoms with Crippen LogP contribution in [0.2, 0.25) is 0 Å². The molecule has 10 heteroatoms. The number of piperazine rings is 4. The van der Waals surface area contributed by atoms with Crippen LogP contribution in [0.3, 0.4) is 0 Å². The van der Waals surface area contributed by atoms with Gasteiger partial charge in [-0.2, -0.15) is 0 Å². The first-order valence-electron chi connectivity index (χ1n) is 31.1. The van der Waals surface area contributed by atoms with E-state index in [-0.39, 0.29) is 5.54 Å². The SMILES string of the molecule is CC(C)N1C(C)C(C)N(C(C)(C)C)C(C)C1C.CC(C)N1C(C)CN(C(C)(C)C)CC1C.CC(C)N1CC2CC1CN2C(C)(C)C.CC(C)N1CCCN(C(C)(C)C)CC1.CC(C)N1CCN(C(C)(C)C)CC1C. The average molecular weight is 1050 g/mol. The van der Waals surface area contributed by atoms with Gasteiger partial charge in [0.25, 0.3) is 0 Å². The molecule has 9 atom stereocenters. The molecular formula is C64H136N10. The highest BCUT2D eigenvalue weighted by Gasteiger charge is 2.48. The third-order valence-electron chi connectivity index (χ3n) is 18.4. The standard InChI is InChI=1S/C15H32N2.C13H28N2.C12H24N2.2C12H26N2/c1-10(2)16-11(3)13(5)17(15(7,8)9)14(6)12(16)4;1-10(2)15-11(3)8-14(9-12(15)4)13(5,6)7;1-9(2)13-7-11-6-10(13)8-14(11)12(3,4)5;1-10(2)14-8-7-13(9-11(14)3)12(4,5)6;1-11(2)13-7-6-8-14(10-9-13)12(3,4)5/h10-14H,1-9H3;10-12H,8-9H2,1-7H3;9-11H,6-8H2,1-5H3;10-11H,7-9H2,1-6H3;11H,6-10H2,1-5H3. The molecule has 0 aromatic heterocycles. The van der Waals surface area contributed by atoms with E-state index < -0.39 is 0 Å². The minimum Gasteiger partial charge on any atom is -0.300 e. The number of rotatable bonds is 5. The maximum absolute atomic E-state index is 2.70. The highest BCUT2D eigenvalue weighted by molar-refractivity contribution is 5.04. The minimum atomic E-state index is 0.254. The monoisotopic (exact) mass is 1050 g/mol. The maximum atomic E-state index is 2.70. The second kappa shape index (κ2) is 28.3. The number of hydrogen-bond acceptors (Lipinski definition) is 10. The molecule has 0 saturated carbocycles. The largest absolute Gasteiger partial charge is 0.300 e. The zero-order valence-electron chi connectivity index (χ0n) is 56.2. The minimum absolute atomic E-state index is 0.254. The van der Waals surface area contributed by atoms with Gasteiger partial charge in [0, 0.05) is 171 Å². The lowest BCUT2D eigenvalue weighted by molar-refractivity contribution is -0.0936. The van der Waals surface area contributed by atoms with E-state index in [0.717, 1.165) is 18.1 Å². The maximum Gasteiger partial charge on any atom is 0.0244 e. The van der Waals surface area contributed by atoms with Crippen molar-refractivity contribution in [2.24, 2.45) is 0 Å². The lowest BCUT2D eigenvalue weighted by atomic mass is 9.88. The van der Waals surface area contributed by atoms with Crippen molar-refractivity contribution in [3.05, 3.63) is 0 Å². The third kappa shape index (κ3) is 20.0. The fourth-order valence-electron chi connectivity index (χ4n) is 14.4. The van der Waals surface area contributed by atoms with E-state index in [1.54, 1.807) is 0 Å². The van der Waals surface area contributed by atoms with E-state index in [2.05, 4.69) is 271 Å². The summed E-state index contributed by atoms with van der Waals surface area (Å²) in [6, 6.07) is 9.59. The van der Waals surface area contributed by atoms with Crippen molar-refractivity contribution in [1.29, 1.82) is 0 Å². The predicted octanol–water partition coefficient (Wildman–Crippen LogP) is 12.3. The van der Waals surface area contributed by atoms with Gasteiger partial charge < -0.3 is 0 Å². The van der Waals surface area contributed by atoms with Crippen molar-refractivity contribution >= 4 is 0 Å². The molecule has 0 spiro atoms. The molecule has 9 unspecified atom stereocenters. The Morgan fingerprint density at radius 1 is 0.324 bits per heavy atom. The molecule has 0 amide bonds. The van der Waals surface area contributed by atoms with Crippen LogP contribution in [0.5, 0.6) is 0 Å². The van der Waals surface area contributed by atoms with Crippen LogP contribution in [0.4, 0.5) is 0 Å². The predicted molar refractivity (Wildman–Crippen MR) is 329 cm³/mol. The molecule has 2 bridgehead atoms. The molecule has 6 fully saturated rings. The third-order valence-corrected chi connectivity index (χ3v) is 18.4. The first-order valence-corrected chi connectivity index (χ1v) is 31.1. The van der Waals surface area contributed by atoms with Crippen LogP contribution in [0.1, 0.15) is 234 Å². The van der Waals surface area contributed by atoms with Crippen molar-refractivity contribution in [2.75, 3.05) is 72.0 Å². The molecule has 0 radical (unpaired) electrons. The van der Waals surface area contributed by atoms with Crippen molar-refractivity contribution in [3.8, 4) is 0 Å². The topological polar surface area (TPSA) is 32.4 Å². The normalized spacial score (nSPS) is 31.0. The summed E-state index contributed by atoms with van der Waals surface area (Å²) in [6.07, 6.45) is 2.71. The van der Waals surface area contributed by atoms with Crippen molar-refractivity contribution in [3.63, 3.8) is 0 Å². The molecular weight excluding hydrogens is 909 g/mol. The molecule has 6 heterocycles. The van der Waals surface area contributed by atoms with Crippen LogP contribution in [0, 0.1) is 0 Å².